The molecule has 0 N–H and O–H groups in total. The highest BCUT2D eigenvalue weighted by Crippen LogP contribution is 2.31. The standard InChI is InChI=1S/C21H25N3O4/c1-5-23-16-8-6-7-9-17(16)24(21(23)26)13-12-20(25)22(2)15-10-11-18(27-3)19(14-15)28-4/h6-11,14H,5,12-13H2,1-4H3. The maximum absolute atomic E-state index is 12.7. The van der Waals surface area contributed by atoms with Gasteiger partial charge in [0.05, 0.1) is 25.3 Å². The lowest BCUT2D eigenvalue weighted by Crippen LogP contribution is -2.30. The third kappa shape index (κ3) is 3.47. The van der Waals surface area contributed by atoms with Crippen molar-refractivity contribution >= 4 is 22.6 Å². The summed E-state index contributed by atoms with van der Waals surface area (Å²) >= 11 is 0. The highest BCUT2D eigenvalue weighted by Gasteiger charge is 2.16. The van der Waals surface area contributed by atoms with Crippen LogP contribution in [-0.4, -0.2) is 36.3 Å². The van der Waals surface area contributed by atoms with Gasteiger partial charge in [-0.15, -0.1) is 0 Å². The quantitative estimate of drug-likeness (QED) is 0.629. The van der Waals surface area contributed by atoms with E-state index in [4.69, 9.17) is 9.47 Å². The zero-order valence-corrected chi connectivity index (χ0v) is 16.6. The number of carbonyl (C=O) groups excluding carboxylic acids is 1. The second-order valence-corrected chi connectivity index (χ2v) is 6.41. The number of rotatable bonds is 7. The number of hydrogen-bond donors (Lipinski definition) is 0. The smallest absolute Gasteiger partial charge is 0.329 e. The summed E-state index contributed by atoms with van der Waals surface area (Å²) in [5, 5.41) is 0. The Labute approximate surface area is 163 Å². The third-order valence-electron chi connectivity index (χ3n) is 4.92. The lowest BCUT2D eigenvalue weighted by molar-refractivity contribution is -0.118. The molecule has 0 saturated heterocycles. The predicted octanol–water partition coefficient (Wildman–Crippen LogP) is 2.89. The number of fused-ring (bicyclic) bond motifs is 1. The Balaban J connectivity index is 1.80. The molecule has 7 nitrogen and oxygen atoms in total. The molecule has 0 atom stereocenters. The highest BCUT2D eigenvalue weighted by atomic mass is 16.5. The molecule has 0 aliphatic heterocycles. The van der Waals surface area contributed by atoms with Crippen LogP contribution in [0.2, 0.25) is 0 Å². The first-order valence-electron chi connectivity index (χ1n) is 9.18. The zero-order valence-electron chi connectivity index (χ0n) is 16.6. The number of amides is 1. The van der Waals surface area contributed by atoms with Gasteiger partial charge in [-0.1, -0.05) is 12.1 Å². The molecule has 0 fully saturated rings. The number of aryl methyl sites for hydroxylation is 2. The molecular formula is C21H25N3O4. The zero-order chi connectivity index (χ0) is 20.3. The second-order valence-electron chi connectivity index (χ2n) is 6.41. The number of para-hydroxylation sites is 2. The van der Waals surface area contributed by atoms with Crippen LogP contribution in [0, 0.1) is 0 Å². The van der Waals surface area contributed by atoms with Crippen molar-refractivity contribution in [1.29, 1.82) is 0 Å². The van der Waals surface area contributed by atoms with Gasteiger partial charge >= 0.3 is 5.69 Å². The summed E-state index contributed by atoms with van der Waals surface area (Å²) in [4.78, 5) is 27.0. The van der Waals surface area contributed by atoms with Crippen molar-refractivity contribution in [2.45, 2.75) is 26.4 Å². The Morgan fingerprint density at radius 2 is 1.64 bits per heavy atom. The van der Waals surface area contributed by atoms with Gasteiger partial charge in [0.2, 0.25) is 5.91 Å². The van der Waals surface area contributed by atoms with E-state index in [0.29, 0.717) is 30.3 Å². The minimum atomic E-state index is -0.0923. The molecule has 1 amide bonds. The van der Waals surface area contributed by atoms with Crippen LogP contribution >= 0.6 is 0 Å². The number of anilines is 1. The van der Waals surface area contributed by atoms with Gasteiger partial charge in [0.1, 0.15) is 0 Å². The lowest BCUT2D eigenvalue weighted by atomic mass is 10.2. The van der Waals surface area contributed by atoms with Crippen molar-refractivity contribution in [3.63, 3.8) is 0 Å². The molecule has 7 heteroatoms. The van der Waals surface area contributed by atoms with Gasteiger partial charge in [-0.25, -0.2) is 4.79 Å². The molecular weight excluding hydrogens is 358 g/mol. The van der Waals surface area contributed by atoms with E-state index in [9.17, 15) is 9.59 Å². The number of nitrogens with zero attached hydrogens (tertiary/aromatic N) is 3. The van der Waals surface area contributed by atoms with Crippen LogP contribution in [0.3, 0.4) is 0 Å². The van der Waals surface area contributed by atoms with E-state index in [1.54, 1.807) is 53.5 Å². The molecule has 3 rings (SSSR count). The summed E-state index contributed by atoms with van der Waals surface area (Å²) in [5.74, 6) is 1.07. The monoisotopic (exact) mass is 383 g/mol. The molecule has 0 bridgehead atoms. The topological polar surface area (TPSA) is 65.7 Å². The number of hydrogen-bond acceptors (Lipinski definition) is 4. The molecule has 2 aromatic carbocycles. The summed E-state index contributed by atoms with van der Waals surface area (Å²) in [5.41, 5.74) is 2.34. The minimum Gasteiger partial charge on any atom is -0.493 e. The number of imidazole rings is 1. The number of aromatic nitrogens is 2. The molecule has 3 aromatic rings. The van der Waals surface area contributed by atoms with E-state index in [0.717, 1.165) is 11.0 Å². The number of benzene rings is 2. The fraction of sp³-hybridized carbons (Fsp3) is 0.333. The van der Waals surface area contributed by atoms with Crippen LogP contribution in [-0.2, 0) is 17.9 Å². The fourth-order valence-electron chi connectivity index (χ4n) is 3.35. The number of carbonyl (C=O) groups is 1. The first-order valence-corrected chi connectivity index (χ1v) is 9.18. The van der Waals surface area contributed by atoms with Crippen LogP contribution in [0.15, 0.2) is 47.3 Å². The van der Waals surface area contributed by atoms with Crippen molar-refractivity contribution < 1.29 is 14.3 Å². The molecule has 0 saturated carbocycles. The molecule has 28 heavy (non-hydrogen) atoms. The summed E-state index contributed by atoms with van der Waals surface area (Å²) in [6.45, 7) is 2.85. The molecule has 0 radical (unpaired) electrons. The van der Waals surface area contributed by atoms with E-state index in [2.05, 4.69) is 0 Å². The normalized spacial score (nSPS) is 10.9. The first-order chi connectivity index (χ1) is 13.5. The largest absolute Gasteiger partial charge is 0.493 e. The Bertz CT molecular complexity index is 1050. The summed E-state index contributed by atoms with van der Waals surface area (Å²) in [6.07, 6.45) is 0.211. The van der Waals surface area contributed by atoms with Gasteiger partial charge in [0.15, 0.2) is 11.5 Å². The van der Waals surface area contributed by atoms with Gasteiger partial charge in [0, 0.05) is 38.3 Å². The van der Waals surface area contributed by atoms with Crippen LogP contribution in [0.5, 0.6) is 11.5 Å². The van der Waals surface area contributed by atoms with E-state index in [1.165, 1.54) is 0 Å². The summed E-state index contributed by atoms with van der Waals surface area (Å²) in [7, 11) is 4.83. The van der Waals surface area contributed by atoms with Crippen LogP contribution in [0.1, 0.15) is 13.3 Å². The highest BCUT2D eigenvalue weighted by molar-refractivity contribution is 5.93. The predicted molar refractivity (Wildman–Crippen MR) is 109 cm³/mol. The van der Waals surface area contributed by atoms with Crippen LogP contribution in [0.4, 0.5) is 5.69 Å². The minimum absolute atomic E-state index is 0.0903. The van der Waals surface area contributed by atoms with Crippen molar-refractivity contribution in [2.75, 3.05) is 26.2 Å². The molecule has 0 spiro atoms. The Kier molecular flexibility index (Phi) is 5.73. The lowest BCUT2D eigenvalue weighted by Gasteiger charge is -2.19. The Morgan fingerprint density at radius 3 is 2.25 bits per heavy atom. The van der Waals surface area contributed by atoms with Crippen molar-refractivity contribution in [3.8, 4) is 11.5 Å². The van der Waals surface area contributed by atoms with Crippen molar-refractivity contribution in [2.24, 2.45) is 0 Å². The van der Waals surface area contributed by atoms with Gasteiger partial charge < -0.3 is 14.4 Å². The van der Waals surface area contributed by atoms with Crippen molar-refractivity contribution in [3.05, 3.63) is 52.9 Å². The summed E-state index contributed by atoms with van der Waals surface area (Å²) in [6, 6.07) is 13.0. The molecule has 0 unspecified atom stereocenters. The van der Waals surface area contributed by atoms with Crippen LogP contribution in [0.25, 0.3) is 11.0 Å². The molecule has 0 aliphatic carbocycles. The average Bonchev–Trinajstić information content (AvgIpc) is 3.01. The Hall–Kier alpha value is -3.22. The van der Waals surface area contributed by atoms with Crippen molar-refractivity contribution in [1.82, 2.24) is 9.13 Å². The van der Waals surface area contributed by atoms with Gasteiger partial charge in [0.25, 0.3) is 0 Å². The van der Waals surface area contributed by atoms with E-state index >= 15 is 0 Å². The number of ether oxygens (including phenoxy) is 2. The second kappa shape index (κ2) is 8.21. The number of methoxy groups -OCH3 is 2. The van der Waals surface area contributed by atoms with Gasteiger partial charge in [-0.2, -0.15) is 0 Å². The van der Waals surface area contributed by atoms with E-state index < -0.39 is 0 Å². The SMILES string of the molecule is CCn1c(=O)n(CCC(=O)N(C)c2ccc(OC)c(OC)c2)c2ccccc21. The summed E-state index contributed by atoms with van der Waals surface area (Å²) < 4.78 is 13.9. The molecule has 0 aliphatic rings. The third-order valence-corrected chi connectivity index (χ3v) is 4.92. The molecule has 1 aromatic heterocycles. The average molecular weight is 383 g/mol. The van der Waals surface area contributed by atoms with E-state index in [1.807, 2.05) is 31.2 Å². The molecule has 1 heterocycles. The fourth-order valence-corrected chi connectivity index (χ4v) is 3.35. The van der Waals surface area contributed by atoms with Crippen LogP contribution < -0.4 is 20.1 Å². The van der Waals surface area contributed by atoms with Gasteiger partial charge in [-0.3, -0.25) is 13.9 Å². The maximum Gasteiger partial charge on any atom is 0.329 e. The van der Waals surface area contributed by atoms with E-state index in [-0.39, 0.29) is 18.0 Å². The first kappa shape index (κ1) is 19.5. The van der Waals surface area contributed by atoms with Gasteiger partial charge in [-0.05, 0) is 31.2 Å². The maximum atomic E-state index is 12.7. The molecule has 148 valence electrons. The Morgan fingerprint density at radius 1 is 1.00 bits per heavy atom.